The molecule has 0 saturated heterocycles. The first kappa shape index (κ1) is 14.3. The third kappa shape index (κ3) is 3.93. The maximum absolute atomic E-state index is 13.6. The highest BCUT2D eigenvalue weighted by Gasteiger charge is 2.25. The Morgan fingerprint density at radius 1 is 1.26 bits per heavy atom. The lowest BCUT2D eigenvalue weighted by Gasteiger charge is -2.31. The molecule has 1 saturated carbocycles. The Bertz CT molecular complexity index is 408. The summed E-state index contributed by atoms with van der Waals surface area (Å²) >= 11 is 0. The molecule has 1 fully saturated rings. The summed E-state index contributed by atoms with van der Waals surface area (Å²) < 4.78 is 19.6. The van der Waals surface area contributed by atoms with Gasteiger partial charge < -0.3 is 10.5 Å². The predicted molar refractivity (Wildman–Crippen MR) is 75.8 cm³/mol. The van der Waals surface area contributed by atoms with Crippen LogP contribution in [0.5, 0.6) is 5.75 Å². The van der Waals surface area contributed by atoms with E-state index < -0.39 is 0 Å². The van der Waals surface area contributed by atoms with E-state index in [0.717, 1.165) is 18.4 Å². The summed E-state index contributed by atoms with van der Waals surface area (Å²) in [5.41, 5.74) is 6.44. The van der Waals surface area contributed by atoms with Crippen molar-refractivity contribution in [3.8, 4) is 5.75 Å². The van der Waals surface area contributed by atoms with Gasteiger partial charge in [0.2, 0.25) is 0 Å². The lowest BCUT2D eigenvalue weighted by Crippen LogP contribution is -2.30. The first-order chi connectivity index (χ1) is 9.22. The van der Waals surface area contributed by atoms with E-state index in [1.165, 1.54) is 31.4 Å². The summed E-state index contributed by atoms with van der Waals surface area (Å²) in [7, 11) is 0. The monoisotopic (exact) mass is 265 g/mol. The van der Waals surface area contributed by atoms with Gasteiger partial charge in [0.1, 0.15) is 17.7 Å². The molecule has 1 aliphatic rings. The van der Waals surface area contributed by atoms with Gasteiger partial charge >= 0.3 is 0 Å². The smallest absolute Gasteiger partial charge is 0.127 e. The van der Waals surface area contributed by atoms with Crippen molar-refractivity contribution in [2.45, 2.75) is 51.6 Å². The summed E-state index contributed by atoms with van der Waals surface area (Å²) in [5.74, 6) is 1.04. The zero-order valence-electron chi connectivity index (χ0n) is 11.7. The Labute approximate surface area is 115 Å². The van der Waals surface area contributed by atoms with Gasteiger partial charge in [-0.05, 0) is 62.3 Å². The fourth-order valence-corrected chi connectivity index (χ4v) is 2.97. The zero-order valence-corrected chi connectivity index (χ0v) is 11.7. The molecule has 2 nitrogen and oxygen atoms in total. The topological polar surface area (TPSA) is 35.2 Å². The summed E-state index contributed by atoms with van der Waals surface area (Å²) in [4.78, 5) is 0. The maximum Gasteiger partial charge on any atom is 0.127 e. The van der Waals surface area contributed by atoms with Gasteiger partial charge in [0.15, 0.2) is 0 Å². The first-order valence-electron chi connectivity index (χ1n) is 7.39. The maximum atomic E-state index is 13.6. The van der Waals surface area contributed by atoms with Crippen LogP contribution in [0, 0.1) is 11.7 Å². The van der Waals surface area contributed by atoms with Crippen molar-refractivity contribution in [2.24, 2.45) is 11.7 Å². The molecular weight excluding hydrogens is 241 g/mol. The van der Waals surface area contributed by atoms with Crippen LogP contribution in [0.15, 0.2) is 18.2 Å². The van der Waals surface area contributed by atoms with E-state index in [-0.39, 0.29) is 11.9 Å². The molecule has 0 bridgehead atoms. The van der Waals surface area contributed by atoms with Gasteiger partial charge in [0.25, 0.3) is 0 Å². The molecule has 0 heterocycles. The molecule has 1 aliphatic carbocycles. The van der Waals surface area contributed by atoms with E-state index in [0.29, 0.717) is 24.6 Å². The molecule has 2 N–H and O–H groups in total. The highest BCUT2D eigenvalue weighted by molar-refractivity contribution is 5.30. The summed E-state index contributed by atoms with van der Waals surface area (Å²) in [6.07, 6.45) is 6.89. The Morgan fingerprint density at radius 3 is 2.79 bits per heavy atom. The van der Waals surface area contributed by atoms with Crippen LogP contribution in [-0.2, 0) is 6.42 Å². The highest BCUT2D eigenvalue weighted by Crippen LogP contribution is 2.31. The van der Waals surface area contributed by atoms with Crippen molar-refractivity contribution in [3.05, 3.63) is 29.6 Å². The number of benzene rings is 1. The number of ether oxygens (including phenoxy) is 1. The van der Waals surface area contributed by atoms with Crippen LogP contribution in [-0.4, -0.2) is 12.6 Å². The molecule has 0 aliphatic heterocycles. The van der Waals surface area contributed by atoms with Crippen LogP contribution in [0.25, 0.3) is 0 Å². The molecule has 0 aromatic heterocycles. The largest absolute Gasteiger partial charge is 0.490 e. The summed E-state index contributed by atoms with van der Waals surface area (Å²) in [6.45, 7) is 2.74. The third-order valence-electron chi connectivity index (χ3n) is 4.02. The van der Waals surface area contributed by atoms with Gasteiger partial charge in [0.05, 0.1) is 0 Å². The molecule has 0 amide bonds. The molecule has 2 rings (SSSR count). The second-order valence-electron chi connectivity index (χ2n) is 5.44. The third-order valence-corrected chi connectivity index (χ3v) is 4.02. The standard InChI is InChI=1S/C16H24FNO/c1-2-13-5-3-4-6-16(13)19-15-10-12(7-8-18)9-14(17)11-15/h9-11,13,16H,2-8,18H2,1H3. The molecule has 1 aromatic rings. The summed E-state index contributed by atoms with van der Waals surface area (Å²) in [6, 6.07) is 4.95. The van der Waals surface area contributed by atoms with Gasteiger partial charge in [-0.1, -0.05) is 13.3 Å². The van der Waals surface area contributed by atoms with E-state index >= 15 is 0 Å². The normalized spacial score (nSPS) is 23.3. The van der Waals surface area contributed by atoms with Crippen LogP contribution < -0.4 is 10.5 Å². The number of halogens is 1. The van der Waals surface area contributed by atoms with E-state index in [2.05, 4.69) is 6.92 Å². The number of hydrogen-bond donors (Lipinski definition) is 1. The van der Waals surface area contributed by atoms with Crippen LogP contribution >= 0.6 is 0 Å². The van der Waals surface area contributed by atoms with Crippen molar-refractivity contribution in [2.75, 3.05) is 6.54 Å². The van der Waals surface area contributed by atoms with Crippen LogP contribution in [0.4, 0.5) is 4.39 Å². The quantitative estimate of drug-likeness (QED) is 0.881. The van der Waals surface area contributed by atoms with E-state index in [4.69, 9.17) is 10.5 Å². The van der Waals surface area contributed by atoms with Crippen molar-refractivity contribution >= 4 is 0 Å². The molecule has 0 radical (unpaired) electrons. The lowest BCUT2D eigenvalue weighted by molar-refractivity contribution is 0.0900. The predicted octanol–water partition coefficient (Wildman–Crippen LogP) is 3.67. The van der Waals surface area contributed by atoms with E-state index in [9.17, 15) is 4.39 Å². The van der Waals surface area contributed by atoms with Crippen molar-refractivity contribution < 1.29 is 9.13 Å². The molecule has 2 unspecified atom stereocenters. The Morgan fingerprint density at radius 2 is 2.05 bits per heavy atom. The Balaban J connectivity index is 2.08. The Hall–Kier alpha value is -1.09. The van der Waals surface area contributed by atoms with E-state index in [1.54, 1.807) is 0 Å². The van der Waals surface area contributed by atoms with Crippen LogP contribution in [0.1, 0.15) is 44.6 Å². The molecular formula is C16H24FNO. The lowest BCUT2D eigenvalue weighted by atomic mass is 9.85. The fourth-order valence-electron chi connectivity index (χ4n) is 2.97. The molecule has 19 heavy (non-hydrogen) atoms. The fraction of sp³-hybridized carbons (Fsp3) is 0.625. The minimum atomic E-state index is -0.232. The first-order valence-corrected chi connectivity index (χ1v) is 7.39. The Kier molecular flexibility index (Phi) is 5.20. The number of rotatable bonds is 5. The average Bonchev–Trinajstić information content (AvgIpc) is 2.39. The molecule has 3 heteroatoms. The second kappa shape index (κ2) is 6.90. The average molecular weight is 265 g/mol. The van der Waals surface area contributed by atoms with Gasteiger partial charge in [-0.15, -0.1) is 0 Å². The van der Waals surface area contributed by atoms with Crippen molar-refractivity contribution in [1.82, 2.24) is 0 Å². The number of hydrogen-bond acceptors (Lipinski definition) is 2. The molecule has 2 atom stereocenters. The molecule has 106 valence electrons. The minimum Gasteiger partial charge on any atom is -0.490 e. The SMILES string of the molecule is CCC1CCCCC1Oc1cc(F)cc(CCN)c1. The van der Waals surface area contributed by atoms with Gasteiger partial charge in [-0.25, -0.2) is 4.39 Å². The second-order valence-corrected chi connectivity index (χ2v) is 5.44. The number of nitrogens with two attached hydrogens (primary N) is 1. The highest BCUT2D eigenvalue weighted by atomic mass is 19.1. The minimum absolute atomic E-state index is 0.232. The summed E-state index contributed by atoms with van der Waals surface area (Å²) in [5, 5.41) is 0. The van der Waals surface area contributed by atoms with Crippen molar-refractivity contribution in [1.29, 1.82) is 0 Å². The van der Waals surface area contributed by atoms with Gasteiger partial charge in [0, 0.05) is 6.07 Å². The zero-order chi connectivity index (χ0) is 13.7. The van der Waals surface area contributed by atoms with Crippen molar-refractivity contribution in [3.63, 3.8) is 0 Å². The van der Waals surface area contributed by atoms with Crippen LogP contribution in [0.3, 0.4) is 0 Å². The molecule has 0 spiro atoms. The van der Waals surface area contributed by atoms with E-state index in [1.807, 2.05) is 6.07 Å². The van der Waals surface area contributed by atoms with Gasteiger partial charge in [-0.2, -0.15) is 0 Å². The molecule has 1 aromatic carbocycles. The van der Waals surface area contributed by atoms with Crippen LogP contribution in [0.2, 0.25) is 0 Å². The van der Waals surface area contributed by atoms with Gasteiger partial charge in [-0.3, -0.25) is 0 Å².